The van der Waals surface area contributed by atoms with Gasteiger partial charge >= 0.3 is 5.97 Å². The number of hydrogen-bond donors (Lipinski definition) is 1. The lowest BCUT2D eigenvalue weighted by Crippen LogP contribution is -1.97. The highest BCUT2D eigenvalue weighted by atomic mass is 16.5. The van der Waals surface area contributed by atoms with Crippen molar-refractivity contribution in [2.24, 2.45) is 0 Å². The van der Waals surface area contributed by atoms with Gasteiger partial charge in [0, 0.05) is 25.9 Å². The average Bonchev–Trinajstić information content (AvgIpc) is 2.66. The van der Waals surface area contributed by atoms with Gasteiger partial charge in [-0.2, -0.15) is 0 Å². The largest absolute Gasteiger partial charge is 0.481 e. The van der Waals surface area contributed by atoms with Gasteiger partial charge in [-0.25, -0.2) is 0 Å². The SMILES string of the molecule is CCOCCc1nnc(CCCC(=O)O)o1. The zero-order valence-electron chi connectivity index (χ0n) is 9.31. The van der Waals surface area contributed by atoms with Crippen molar-refractivity contribution >= 4 is 5.97 Å². The molecule has 16 heavy (non-hydrogen) atoms. The first-order chi connectivity index (χ1) is 7.72. The van der Waals surface area contributed by atoms with E-state index < -0.39 is 5.97 Å². The number of aromatic nitrogens is 2. The number of hydrogen-bond acceptors (Lipinski definition) is 5. The van der Waals surface area contributed by atoms with E-state index in [9.17, 15) is 4.79 Å². The molecule has 0 aromatic carbocycles. The molecule has 0 amide bonds. The van der Waals surface area contributed by atoms with Crippen LogP contribution in [0, 0.1) is 0 Å². The molecule has 0 saturated heterocycles. The van der Waals surface area contributed by atoms with Gasteiger partial charge in [-0.1, -0.05) is 0 Å². The molecule has 0 aliphatic rings. The summed E-state index contributed by atoms with van der Waals surface area (Å²) in [5, 5.41) is 16.1. The Bertz CT molecular complexity index is 324. The summed E-state index contributed by atoms with van der Waals surface area (Å²) >= 11 is 0. The van der Waals surface area contributed by atoms with Crippen molar-refractivity contribution in [2.75, 3.05) is 13.2 Å². The van der Waals surface area contributed by atoms with Gasteiger partial charge in [-0.05, 0) is 13.3 Å². The summed E-state index contributed by atoms with van der Waals surface area (Å²) in [6.07, 6.45) is 1.74. The Kier molecular flexibility index (Phi) is 5.49. The average molecular weight is 228 g/mol. The lowest BCUT2D eigenvalue weighted by Gasteiger charge is -1.95. The van der Waals surface area contributed by atoms with Gasteiger partial charge in [0.15, 0.2) is 0 Å². The van der Waals surface area contributed by atoms with Gasteiger partial charge in [0.05, 0.1) is 6.61 Å². The highest BCUT2D eigenvalue weighted by Gasteiger charge is 2.06. The first kappa shape index (κ1) is 12.6. The molecule has 1 rings (SSSR count). The third-order valence-corrected chi connectivity index (χ3v) is 1.95. The first-order valence-corrected chi connectivity index (χ1v) is 5.33. The standard InChI is InChI=1S/C10H16N2O4/c1-2-15-7-6-9-12-11-8(16-9)4-3-5-10(13)14/h2-7H2,1H3,(H,13,14). The van der Waals surface area contributed by atoms with Crippen LogP contribution in [0.1, 0.15) is 31.5 Å². The molecule has 0 fully saturated rings. The van der Waals surface area contributed by atoms with Crippen LogP contribution in [0.3, 0.4) is 0 Å². The minimum atomic E-state index is -0.809. The molecule has 0 radical (unpaired) electrons. The van der Waals surface area contributed by atoms with E-state index in [1.807, 2.05) is 6.92 Å². The fraction of sp³-hybridized carbons (Fsp3) is 0.700. The van der Waals surface area contributed by atoms with Crippen LogP contribution in [0.25, 0.3) is 0 Å². The monoisotopic (exact) mass is 228 g/mol. The molecule has 1 heterocycles. The van der Waals surface area contributed by atoms with E-state index in [0.717, 1.165) is 0 Å². The number of nitrogens with zero attached hydrogens (tertiary/aromatic N) is 2. The van der Waals surface area contributed by atoms with Crippen molar-refractivity contribution < 1.29 is 19.1 Å². The van der Waals surface area contributed by atoms with Crippen LogP contribution in [0.2, 0.25) is 0 Å². The van der Waals surface area contributed by atoms with Crippen molar-refractivity contribution in [3.63, 3.8) is 0 Å². The minimum Gasteiger partial charge on any atom is -0.481 e. The Morgan fingerprint density at radius 3 is 2.69 bits per heavy atom. The number of rotatable bonds is 8. The van der Waals surface area contributed by atoms with Gasteiger partial charge in [0.25, 0.3) is 0 Å². The van der Waals surface area contributed by atoms with Crippen LogP contribution in [-0.4, -0.2) is 34.5 Å². The summed E-state index contributed by atoms with van der Waals surface area (Å²) in [5.74, 6) is 0.225. The molecule has 0 atom stereocenters. The van der Waals surface area contributed by atoms with E-state index in [0.29, 0.717) is 44.3 Å². The summed E-state index contributed by atoms with van der Waals surface area (Å²) in [4.78, 5) is 10.3. The minimum absolute atomic E-state index is 0.122. The maximum absolute atomic E-state index is 10.3. The zero-order chi connectivity index (χ0) is 11.8. The molecule has 90 valence electrons. The molecule has 0 unspecified atom stereocenters. The van der Waals surface area contributed by atoms with E-state index in [1.165, 1.54) is 0 Å². The second kappa shape index (κ2) is 6.95. The van der Waals surface area contributed by atoms with E-state index in [4.69, 9.17) is 14.3 Å². The molecular formula is C10H16N2O4. The van der Waals surface area contributed by atoms with E-state index in [2.05, 4.69) is 10.2 Å². The van der Waals surface area contributed by atoms with E-state index in [1.54, 1.807) is 0 Å². The molecule has 1 aromatic heterocycles. The summed E-state index contributed by atoms with van der Waals surface area (Å²) in [7, 11) is 0. The summed E-state index contributed by atoms with van der Waals surface area (Å²) in [6, 6.07) is 0. The van der Waals surface area contributed by atoms with Gasteiger partial charge in [0.1, 0.15) is 0 Å². The van der Waals surface area contributed by atoms with Crippen LogP contribution in [0.15, 0.2) is 4.42 Å². The number of carbonyl (C=O) groups is 1. The molecular weight excluding hydrogens is 212 g/mol. The van der Waals surface area contributed by atoms with Crippen molar-refractivity contribution in [3.8, 4) is 0 Å². The fourth-order valence-corrected chi connectivity index (χ4v) is 1.19. The highest BCUT2D eigenvalue weighted by molar-refractivity contribution is 5.66. The number of carboxylic acids is 1. The third kappa shape index (κ3) is 4.88. The van der Waals surface area contributed by atoms with Gasteiger partial charge < -0.3 is 14.3 Å². The molecule has 0 aliphatic heterocycles. The second-order valence-electron chi connectivity index (χ2n) is 3.28. The molecule has 0 spiro atoms. The molecule has 6 nitrogen and oxygen atoms in total. The molecule has 0 saturated carbocycles. The van der Waals surface area contributed by atoms with Crippen molar-refractivity contribution in [2.45, 2.75) is 32.6 Å². The highest BCUT2D eigenvalue weighted by Crippen LogP contribution is 2.05. The Morgan fingerprint density at radius 2 is 2.06 bits per heavy atom. The fourth-order valence-electron chi connectivity index (χ4n) is 1.19. The third-order valence-electron chi connectivity index (χ3n) is 1.95. The lowest BCUT2D eigenvalue weighted by atomic mass is 10.2. The lowest BCUT2D eigenvalue weighted by molar-refractivity contribution is -0.137. The van der Waals surface area contributed by atoms with Crippen molar-refractivity contribution in [3.05, 3.63) is 11.8 Å². The summed E-state index contributed by atoms with van der Waals surface area (Å²) < 4.78 is 10.5. The van der Waals surface area contributed by atoms with E-state index >= 15 is 0 Å². The number of aryl methyl sites for hydroxylation is 1. The molecule has 6 heteroatoms. The quantitative estimate of drug-likeness (QED) is 0.669. The van der Waals surface area contributed by atoms with Crippen LogP contribution in [-0.2, 0) is 22.4 Å². The van der Waals surface area contributed by atoms with Gasteiger partial charge in [0.2, 0.25) is 11.8 Å². The predicted octanol–water partition coefficient (Wildman–Crippen LogP) is 1.06. The Hall–Kier alpha value is -1.43. The van der Waals surface area contributed by atoms with E-state index in [-0.39, 0.29) is 6.42 Å². The molecule has 1 N–H and O–H groups in total. The summed E-state index contributed by atoms with van der Waals surface area (Å²) in [6.45, 7) is 3.15. The van der Waals surface area contributed by atoms with Crippen molar-refractivity contribution in [1.82, 2.24) is 10.2 Å². The molecule has 1 aromatic rings. The second-order valence-corrected chi connectivity index (χ2v) is 3.28. The normalized spacial score (nSPS) is 10.6. The van der Waals surface area contributed by atoms with Crippen molar-refractivity contribution in [1.29, 1.82) is 0 Å². The maximum Gasteiger partial charge on any atom is 0.303 e. The number of ether oxygens (including phenoxy) is 1. The number of aliphatic carboxylic acids is 1. The Balaban J connectivity index is 2.25. The maximum atomic E-state index is 10.3. The Morgan fingerprint density at radius 1 is 1.38 bits per heavy atom. The first-order valence-electron chi connectivity index (χ1n) is 5.33. The van der Waals surface area contributed by atoms with Crippen LogP contribution in [0.4, 0.5) is 0 Å². The topological polar surface area (TPSA) is 85.5 Å². The van der Waals surface area contributed by atoms with Gasteiger partial charge in [-0.3, -0.25) is 4.79 Å². The van der Waals surface area contributed by atoms with Gasteiger partial charge in [-0.15, -0.1) is 10.2 Å². The van der Waals surface area contributed by atoms with Crippen LogP contribution in [0.5, 0.6) is 0 Å². The zero-order valence-corrected chi connectivity index (χ0v) is 9.31. The van der Waals surface area contributed by atoms with Crippen LogP contribution < -0.4 is 0 Å². The molecule has 0 aliphatic carbocycles. The van der Waals surface area contributed by atoms with Crippen LogP contribution >= 0.6 is 0 Å². The smallest absolute Gasteiger partial charge is 0.303 e. The Labute approximate surface area is 93.6 Å². The predicted molar refractivity (Wildman–Crippen MR) is 55.1 cm³/mol. The molecule has 0 bridgehead atoms. The summed E-state index contributed by atoms with van der Waals surface area (Å²) in [5.41, 5.74) is 0. The number of carboxylic acid groups (broad SMARTS) is 1.